The molecule has 76 heavy (non-hydrogen) atoms. The molecule has 4 heterocycles. The van der Waals surface area contributed by atoms with Crippen LogP contribution >= 0.6 is 38.6 Å². The first kappa shape index (κ1) is 48.2. The van der Waals surface area contributed by atoms with Crippen LogP contribution in [-0.4, -0.2) is 46.7 Å². The maximum Gasteiger partial charge on any atom is 0.489 e. The fraction of sp³-hybridized carbons (Fsp3) is 0. The van der Waals surface area contributed by atoms with Crippen LogP contribution in [0.15, 0.2) is 253 Å². The average molecular weight is 1080 g/mol. The second-order valence-corrected chi connectivity index (χ2v) is 20.8. The third kappa shape index (κ3) is 9.64. The van der Waals surface area contributed by atoms with Gasteiger partial charge in [-0.05, 0) is 70.5 Å². The maximum atomic E-state index is 9.31. The van der Waals surface area contributed by atoms with Gasteiger partial charge in [-0.1, -0.05) is 192 Å². The smallest absolute Gasteiger partial charge is 0.423 e. The van der Waals surface area contributed by atoms with E-state index in [1.165, 1.54) is 41.4 Å². The van der Waals surface area contributed by atoms with Crippen molar-refractivity contribution in [3.8, 4) is 56.7 Å². The summed E-state index contributed by atoms with van der Waals surface area (Å²) < 4.78 is 10.0. The molecular weight excluding hydrogens is 1040 g/mol. The first-order valence-corrected chi connectivity index (χ1v) is 27.0. The van der Waals surface area contributed by atoms with Crippen LogP contribution in [0.5, 0.6) is 0 Å². The summed E-state index contributed by atoms with van der Waals surface area (Å²) in [7, 11) is -1.41. The molecule has 1 aliphatic rings. The van der Waals surface area contributed by atoms with Crippen molar-refractivity contribution >= 4 is 97.1 Å². The van der Waals surface area contributed by atoms with E-state index in [4.69, 9.17) is 0 Å². The Hall–Kier alpha value is -8.71. The zero-order chi connectivity index (χ0) is 51.4. The van der Waals surface area contributed by atoms with Gasteiger partial charge in [0.15, 0.2) is 23.3 Å². The Balaban J connectivity index is 0.000000125. The molecule has 0 aliphatic heterocycles. The second kappa shape index (κ2) is 21.6. The van der Waals surface area contributed by atoms with E-state index in [2.05, 4.69) is 161 Å². The quantitative estimate of drug-likeness (QED) is 0.116. The van der Waals surface area contributed by atoms with E-state index in [0.29, 0.717) is 5.46 Å². The molecule has 9 aromatic carbocycles. The first-order valence-electron chi connectivity index (χ1n) is 24.5. The van der Waals surface area contributed by atoms with E-state index in [9.17, 15) is 10.0 Å². The molecule has 12 heteroatoms. The number of aromatic nitrogens is 6. The minimum Gasteiger partial charge on any atom is -0.423 e. The van der Waals surface area contributed by atoms with E-state index in [1.54, 1.807) is 17.4 Å². The number of hydrogen-bond acceptors (Lipinski definition) is 8. The summed E-state index contributed by atoms with van der Waals surface area (Å²) in [5.41, 5.74) is 9.20. The number of benzene rings is 9. The number of rotatable bonds is 8. The Morgan fingerprint density at radius 3 is 1.39 bits per heavy atom. The van der Waals surface area contributed by atoms with Crippen molar-refractivity contribution in [3.05, 3.63) is 265 Å². The van der Waals surface area contributed by atoms with Gasteiger partial charge < -0.3 is 10.0 Å². The molecule has 0 saturated carbocycles. The SMILES string of the molecule is Brc1ccc(-n2c(C3=CC=[C+]C=C3)nnc2-c2ccccc2)cc1.OB(O)c1cccc2c1sc1ccccc12.c1ccc(-c2nnc(-c3ccccc3)n2-c2ccc(-c3cccc4c3sc3ccccc34)cc2)cc1. The van der Waals surface area contributed by atoms with E-state index in [1.807, 2.05) is 145 Å². The topological polar surface area (TPSA) is 102 Å². The lowest BCUT2D eigenvalue weighted by Gasteiger charge is -2.12. The lowest BCUT2D eigenvalue weighted by Crippen LogP contribution is -2.29. The van der Waals surface area contributed by atoms with Crippen LogP contribution < -0.4 is 5.46 Å². The van der Waals surface area contributed by atoms with Crippen LogP contribution in [-0.2, 0) is 0 Å². The number of fused-ring (bicyclic) bond motifs is 6. The van der Waals surface area contributed by atoms with Gasteiger partial charge in [0.2, 0.25) is 0 Å². The molecule has 0 fully saturated rings. The van der Waals surface area contributed by atoms with Crippen LogP contribution in [0, 0.1) is 6.08 Å². The van der Waals surface area contributed by atoms with Gasteiger partial charge in [0.25, 0.3) is 0 Å². The Kier molecular flexibility index (Phi) is 13.7. The summed E-state index contributed by atoms with van der Waals surface area (Å²) in [4.78, 5) is 0. The molecule has 0 amide bonds. The standard InChI is InChI=1S/C32H21N3S.C20H13BrN3.C12H9BO2S/c1-3-10-23(11-4-1)31-33-34-32(24-12-5-2-6-13-24)35(31)25-20-18-22(19-21-25)26-15-9-16-28-27-14-7-8-17-29(27)36-30(26)28;21-17-11-13-18(14-12-17)24-19(15-7-3-1-4-8-15)22-23-20(24)16-9-5-2-6-10-16;14-13(15)10-6-3-5-9-8-4-1-2-7-11(8)16-12(9)10/h1-21H;1,3-14H;1-7,14-15H/q;+1;. The molecule has 0 bridgehead atoms. The fourth-order valence-corrected chi connectivity index (χ4v) is 12.2. The summed E-state index contributed by atoms with van der Waals surface area (Å²) in [6.07, 6.45) is 10.8. The minimum atomic E-state index is -1.41. The predicted octanol–water partition coefficient (Wildman–Crippen LogP) is 15.4. The van der Waals surface area contributed by atoms with E-state index in [0.717, 1.165) is 71.5 Å². The van der Waals surface area contributed by atoms with Gasteiger partial charge in [-0.25, -0.2) is 0 Å². The summed E-state index contributed by atoms with van der Waals surface area (Å²) in [5, 5.41) is 41.6. The minimum absolute atomic E-state index is 0.582. The molecular formula is C64H43BBrN6O2S2+. The summed E-state index contributed by atoms with van der Waals surface area (Å²) in [6, 6.07) is 76.4. The largest absolute Gasteiger partial charge is 0.489 e. The number of thiophene rings is 2. The van der Waals surface area contributed by atoms with Crippen LogP contribution in [0.25, 0.3) is 103 Å². The van der Waals surface area contributed by atoms with Crippen molar-refractivity contribution in [3.63, 3.8) is 0 Å². The van der Waals surface area contributed by atoms with E-state index >= 15 is 0 Å². The third-order valence-electron chi connectivity index (χ3n) is 13.0. The van der Waals surface area contributed by atoms with Gasteiger partial charge in [-0.3, -0.25) is 9.13 Å². The lowest BCUT2D eigenvalue weighted by atomic mass is 9.80. The number of hydrogen-bond donors (Lipinski definition) is 2. The highest BCUT2D eigenvalue weighted by Crippen LogP contribution is 2.40. The molecule has 8 nitrogen and oxygen atoms in total. The summed E-state index contributed by atoms with van der Waals surface area (Å²) in [5.74, 6) is 3.29. The predicted molar refractivity (Wildman–Crippen MR) is 319 cm³/mol. The zero-order valence-electron chi connectivity index (χ0n) is 40.5. The van der Waals surface area contributed by atoms with Gasteiger partial charge in [0.05, 0.1) is 12.2 Å². The second-order valence-electron chi connectivity index (χ2n) is 17.8. The molecule has 0 radical (unpaired) electrons. The molecule has 1 aliphatic carbocycles. The molecule has 0 unspecified atom stereocenters. The molecule has 13 aromatic rings. The monoisotopic (exact) mass is 1080 g/mol. The van der Waals surface area contributed by atoms with Gasteiger partial charge in [-0.2, -0.15) is 0 Å². The van der Waals surface area contributed by atoms with Gasteiger partial charge in [-0.15, -0.1) is 43.1 Å². The lowest BCUT2D eigenvalue weighted by molar-refractivity contribution is 0.426. The number of halogens is 1. The van der Waals surface area contributed by atoms with Crippen molar-refractivity contribution in [2.24, 2.45) is 0 Å². The normalized spacial score (nSPS) is 11.8. The van der Waals surface area contributed by atoms with Crippen molar-refractivity contribution in [2.75, 3.05) is 0 Å². The molecule has 14 rings (SSSR count). The molecule has 0 saturated heterocycles. The molecule has 0 spiro atoms. The molecule has 0 atom stereocenters. The Bertz CT molecular complexity index is 4210. The Labute approximate surface area is 455 Å². The fourth-order valence-electron chi connectivity index (χ4n) is 9.43. The highest BCUT2D eigenvalue weighted by Gasteiger charge is 2.22. The third-order valence-corrected chi connectivity index (χ3v) is 16.0. The number of allylic oxidation sites excluding steroid dienone is 6. The molecule has 362 valence electrons. The van der Waals surface area contributed by atoms with Crippen LogP contribution in [0.3, 0.4) is 0 Å². The van der Waals surface area contributed by atoms with E-state index < -0.39 is 7.12 Å². The number of nitrogens with zero attached hydrogens (tertiary/aromatic N) is 6. The van der Waals surface area contributed by atoms with Crippen LogP contribution in [0.4, 0.5) is 0 Å². The average Bonchev–Trinajstić information content (AvgIpc) is 4.32. The van der Waals surface area contributed by atoms with Crippen molar-refractivity contribution < 1.29 is 10.0 Å². The zero-order valence-corrected chi connectivity index (χ0v) is 43.7. The van der Waals surface area contributed by atoms with Crippen LogP contribution in [0.1, 0.15) is 5.82 Å². The van der Waals surface area contributed by atoms with Crippen molar-refractivity contribution in [2.45, 2.75) is 0 Å². The molecule has 2 N–H and O–H groups in total. The Morgan fingerprint density at radius 1 is 0.421 bits per heavy atom. The summed E-state index contributed by atoms with van der Waals surface area (Å²) >= 11 is 6.95. The van der Waals surface area contributed by atoms with Crippen molar-refractivity contribution in [1.82, 2.24) is 29.5 Å². The van der Waals surface area contributed by atoms with E-state index in [-0.39, 0.29) is 0 Å². The highest BCUT2D eigenvalue weighted by atomic mass is 79.9. The highest BCUT2D eigenvalue weighted by molar-refractivity contribution is 9.10. The van der Waals surface area contributed by atoms with Gasteiger partial charge >= 0.3 is 7.12 Å². The van der Waals surface area contributed by atoms with Gasteiger partial charge in [0.1, 0.15) is 17.7 Å². The van der Waals surface area contributed by atoms with Crippen LogP contribution in [0.2, 0.25) is 0 Å². The maximum absolute atomic E-state index is 9.31. The van der Waals surface area contributed by atoms with Gasteiger partial charge in [0, 0.05) is 73.6 Å². The molecule has 4 aromatic heterocycles. The summed E-state index contributed by atoms with van der Waals surface area (Å²) in [6.45, 7) is 0. The Morgan fingerprint density at radius 2 is 0.868 bits per heavy atom. The van der Waals surface area contributed by atoms with Crippen molar-refractivity contribution in [1.29, 1.82) is 0 Å². The first-order chi connectivity index (χ1) is 37.5.